The zero-order valence-electron chi connectivity index (χ0n) is 14.0. The summed E-state index contributed by atoms with van der Waals surface area (Å²) in [5.74, 6) is 4.15. The quantitative estimate of drug-likeness (QED) is 0.690. The highest BCUT2D eigenvalue weighted by molar-refractivity contribution is 5.06. The van der Waals surface area contributed by atoms with E-state index in [4.69, 9.17) is 0 Å². The van der Waals surface area contributed by atoms with Crippen LogP contribution in [0.15, 0.2) is 0 Å². The molecule has 1 N–H and O–H groups in total. The van der Waals surface area contributed by atoms with Gasteiger partial charge in [-0.05, 0) is 87.0 Å². The molecule has 0 aromatic heterocycles. The molecular weight excluding hydrogens is 242 g/mol. The summed E-state index contributed by atoms with van der Waals surface area (Å²) in [6.45, 7) is 8.36. The van der Waals surface area contributed by atoms with Crippen molar-refractivity contribution in [3.05, 3.63) is 0 Å². The molecule has 0 heterocycles. The van der Waals surface area contributed by atoms with Gasteiger partial charge in [-0.1, -0.05) is 27.2 Å². The van der Waals surface area contributed by atoms with E-state index < -0.39 is 0 Å². The van der Waals surface area contributed by atoms with Crippen LogP contribution in [0.4, 0.5) is 0 Å². The van der Waals surface area contributed by atoms with Gasteiger partial charge in [-0.25, -0.2) is 0 Å². The first-order valence-electron chi connectivity index (χ1n) is 9.38. The molecule has 4 aliphatic carbocycles. The summed E-state index contributed by atoms with van der Waals surface area (Å²) in [7, 11) is 0. The minimum absolute atomic E-state index is 0.688. The van der Waals surface area contributed by atoms with E-state index in [0.29, 0.717) is 5.41 Å². The van der Waals surface area contributed by atoms with Crippen LogP contribution in [0.2, 0.25) is 0 Å². The first-order valence-corrected chi connectivity index (χ1v) is 9.38. The molecule has 1 nitrogen and oxygen atoms in total. The molecule has 0 aliphatic heterocycles. The van der Waals surface area contributed by atoms with E-state index in [1.54, 1.807) is 38.5 Å². The average Bonchev–Trinajstić information content (AvgIpc) is 2.41. The summed E-state index contributed by atoms with van der Waals surface area (Å²) >= 11 is 0. The molecule has 4 aliphatic rings. The average molecular weight is 277 g/mol. The Morgan fingerprint density at radius 1 is 1.00 bits per heavy atom. The molecule has 0 aromatic carbocycles. The third-order valence-corrected chi connectivity index (χ3v) is 6.80. The number of hydrogen-bond acceptors (Lipinski definition) is 1. The van der Waals surface area contributed by atoms with Crippen molar-refractivity contribution in [1.82, 2.24) is 5.32 Å². The fourth-order valence-electron chi connectivity index (χ4n) is 6.04. The van der Waals surface area contributed by atoms with Crippen LogP contribution in [-0.4, -0.2) is 12.6 Å². The first-order chi connectivity index (χ1) is 9.65. The predicted molar refractivity (Wildman–Crippen MR) is 86.8 cm³/mol. The lowest BCUT2D eigenvalue weighted by molar-refractivity contribution is -0.0774. The van der Waals surface area contributed by atoms with Gasteiger partial charge in [0.05, 0.1) is 0 Å². The van der Waals surface area contributed by atoms with E-state index >= 15 is 0 Å². The second-order valence-corrected chi connectivity index (χ2v) is 8.54. The highest BCUT2D eigenvalue weighted by Gasteiger charge is 2.53. The van der Waals surface area contributed by atoms with Gasteiger partial charge < -0.3 is 5.32 Å². The maximum Gasteiger partial charge on any atom is 0.0126 e. The van der Waals surface area contributed by atoms with Crippen LogP contribution in [0.1, 0.15) is 78.6 Å². The van der Waals surface area contributed by atoms with Crippen molar-refractivity contribution in [2.75, 3.05) is 6.54 Å². The molecule has 0 amide bonds. The summed E-state index contributed by atoms with van der Waals surface area (Å²) in [5, 5.41) is 3.99. The van der Waals surface area contributed by atoms with Gasteiger partial charge in [-0.15, -0.1) is 0 Å². The van der Waals surface area contributed by atoms with Gasteiger partial charge >= 0.3 is 0 Å². The van der Waals surface area contributed by atoms with E-state index in [-0.39, 0.29) is 0 Å². The molecule has 2 unspecified atom stereocenters. The lowest BCUT2D eigenvalue weighted by Crippen LogP contribution is -2.56. The van der Waals surface area contributed by atoms with E-state index in [1.807, 2.05) is 0 Å². The van der Waals surface area contributed by atoms with E-state index in [2.05, 4.69) is 26.1 Å². The molecule has 0 saturated heterocycles. The molecule has 0 aromatic rings. The Hall–Kier alpha value is -0.0400. The topological polar surface area (TPSA) is 12.0 Å². The SMILES string of the molecule is CCCNC(CC(C)CC)C12CC3CC(CC(C3)C1)C2. The number of rotatable bonds is 7. The summed E-state index contributed by atoms with van der Waals surface area (Å²) in [6.07, 6.45) is 13.4. The van der Waals surface area contributed by atoms with Crippen molar-refractivity contribution < 1.29 is 0 Å². The Morgan fingerprint density at radius 3 is 2.00 bits per heavy atom. The molecule has 0 spiro atoms. The summed E-state index contributed by atoms with van der Waals surface area (Å²) in [4.78, 5) is 0. The van der Waals surface area contributed by atoms with E-state index in [9.17, 15) is 0 Å². The molecule has 4 fully saturated rings. The third-order valence-electron chi connectivity index (χ3n) is 6.80. The Bertz CT molecular complexity index is 286. The molecule has 4 bridgehead atoms. The van der Waals surface area contributed by atoms with Crippen molar-refractivity contribution >= 4 is 0 Å². The second-order valence-electron chi connectivity index (χ2n) is 8.54. The minimum atomic E-state index is 0.688. The predicted octanol–water partition coefficient (Wildman–Crippen LogP) is 5.01. The Morgan fingerprint density at radius 2 is 1.55 bits per heavy atom. The van der Waals surface area contributed by atoms with Gasteiger partial charge in [-0.2, -0.15) is 0 Å². The summed E-state index contributed by atoms with van der Waals surface area (Å²) < 4.78 is 0. The van der Waals surface area contributed by atoms with Gasteiger partial charge in [0, 0.05) is 6.04 Å². The van der Waals surface area contributed by atoms with E-state index in [1.165, 1.54) is 25.8 Å². The van der Waals surface area contributed by atoms with Crippen LogP contribution >= 0.6 is 0 Å². The Balaban J connectivity index is 1.74. The lowest BCUT2D eigenvalue weighted by Gasteiger charge is -2.60. The van der Waals surface area contributed by atoms with Crippen molar-refractivity contribution in [3.8, 4) is 0 Å². The highest BCUT2D eigenvalue weighted by Crippen LogP contribution is 2.61. The fraction of sp³-hybridized carbons (Fsp3) is 1.00. The maximum absolute atomic E-state index is 3.99. The smallest absolute Gasteiger partial charge is 0.0126 e. The maximum atomic E-state index is 3.99. The van der Waals surface area contributed by atoms with Crippen LogP contribution in [-0.2, 0) is 0 Å². The first kappa shape index (κ1) is 14.9. The zero-order chi connectivity index (χ0) is 14.2. The molecule has 20 heavy (non-hydrogen) atoms. The normalized spacial score (nSPS) is 41.9. The van der Waals surface area contributed by atoms with Gasteiger partial charge in [0.2, 0.25) is 0 Å². The molecule has 2 atom stereocenters. The Kier molecular flexibility index (Phi) is 4.45. The van der Waals surface area contributed by atoms with Crippen molar-refractivity contribution in [2.45, 2.75) is 84.6 Å². The molecule has 4 saturated carbocycles. The number of hydrogen-bond donors (Lipinski definition) is 1. The number of nitrogens with one attached hydrogen (secondary N) is 1. The highest BCUT2D eigenvalue weighted by atomic mass is 14.9. The van der Waals surface area contributed by atoms with Gasteiger partial charge in [-0.3, -0.25) is 0 Å². The van der Waals surface area contributed by atoms with Crippen LogP contribution < -0.4 is 5.32 Å². The van der Waals surface area contributed by atoms with Crippen molar-refractivity contribution in [2.24, 2.45) is 29.1 Å². The minimum Gasteiger partial charge on any atom is -0.313 e. The summed E-state index contributed by atoms with van der Waals surface area (Å²) in [5.41, 5.74) is 0.688. The molecule has 4 rings (SSSR count). The van der Waals surface area contributed by atoms with E-state index in [0.717, 1.165) is 29.7 Å². The zero-order valence-corrected chi connectivity index (χ0v) is 14.0. The molecule has 1 heteroatoms. The lowest BCUT2D eigenvalue weighted by atomic mass is 9.47. The largest absolute Gasteiger partial charge is 0.313 e. The van der Waals surface area contributed by atoms with Crippen LogP contribution in [0, 0.1) is 29.1 Å². The molecule has 116 valence electrons. The van der Waals surface area contributed by atoms with Crippen LogP contribution in [0.25, 0.3) is 0 Å². The fourth-order valence-corrected chi connectivity index (χ4v) is 6.04. The second kappa shape index (κ2) is 5.99. The summed E-state index contributed by atoms with van der Waals surface area (Å²) in [6, 6.07) is 0.811. The molecular formula is C19H35N. The van der Waals surface area contributed by atoms with Gasteiger partial charge in [0.15, 0.2) is 0 Å². The van der Waals surface area contributed by atoms with Crippen LogP contribution in [0.5, 0.6) is 0 Å². The Labute approximate surface area is 126 Å². The van der Waals surface area contributed by atoms with Gasteiger partial charge in [0.25, 0.3) is 0 Å². The molecule has 0 radical (unpaired) electrons. The third kappa shape index (κ3) is 2.80. The van der Waals surface area contributed by atoms with Crippen molar-refractivity contribution in [3.63, 3.8) is 0 Å². The van der Waals surface area contributed by atoms with Crippen LogP contribution in [0.3, 0.4) is 0 Å². The van der Waals surface area contributed by atoms with Crippen molar-refractivity contribution in [1.29, 1.82) is 0 Å². The van der Waals surface area contributed by atoms with Gasteiger partial charge in [0.1, 0.15) is 0 Å². The standard InChI is InChI=1S/C19H35N/c1-4-6-20-18(7-14(3)5-2)19-11-15-8-16(12-19)10-17(9-15)13-19/h14-18,20H,4-13H2,1-3H3. The monoisotopic (exact) mass is 277 g/mol.